The molecular formula is C17H22FN3. The number of hydrogen-bond acceptors (Lipinski definition) is 2. The fourth-order valence-electron chi connectivity index (χ4n) is 2.89. The topological polar surface area (TPSA) is 29.9 Å². The van der Waals surface area contributed by atoms with Crippen LogP contribution in [-0.4, -0.2) is 22.9 Å². The Balaban J connectivity index is 2.20. The number of nitrogens with one attached hydrogen (secondary N) is 1. The van der Waals surface area contributed by atoms with E-state index in [1.807, 2.05) is 12.1 Å². The van der Waals surface area contributed by atoms with Crippen LogP contribution >= 0.6 is 0 Å². The third-order valence-corrected chi connectivity index (χ3v) is 3.91. The van der Waals surface area contributed by atoms with Gasteiger partial charge in [0.2, 0.25) is 0 Å². The predicted molar refractivity (Wildman–Crippen MR) is 82.9 cm³/mol. The molecular weight excluding hydrogens is 265 g/mol. The minimum atomic E-state index is -0.201. The standard InChI is InChI=1S/C17H22FN3/c1-17(2,3)21-16(12-4-6-13(18)7-5-12)14-8-10-19-11-9-15(14)20-21/h4-7,19H,8-11H2,1-3H3. The van der Waals surface area contributed by atoms with Crippen molar-refractivity contribution in [3.8, 4) is 11.3 Å². The van der Waals surface area contributed by atoms with Crippen molar-refractivity contribution in [2.24, 2.45) is 0 Å². The first kappa shape index (κ1) is 14.3. The number of halogens is 1. The summed E-state index contributed by atoms with van der Waals surface area (Å²) in [5.74, 6) is -0.201. The summed E-state index contributed by atoms with van der Waals surface area (Å²) in [7, 11) is 0. The van der Waals surface area contributed by atoms with E-state index in [1.165, 1.54) is 23.4 Å². The van der Waals surface area contributed by atoms with Crippen LogP contribution < -0.4 is 5.32 Å². The molecule has 0 spiro atoms. The first-order chi connectivity index (χ1) is 9.97. The lowest BCUT2D eigenvalue weighted by Gasteiger charge is -2.23. The summed E-state index contributed by atoms with van der Waals surface area (Å²) in [5, 5.41) is 8.28. The van der Waals surface area contributed by atoms with Crippen LogP contribution in [0.3, 0.4) is 0 Å². The molecule has 0 unspecified atom stereocenters. The Bertz CT molecular complexity index is 635. The van der Waals surface area contributed by atoms with E-state index in [9.17, 15) is 4.39 Å². The summed E-state index contributed by atoms with van der Waals surface area (Å²) in [6, 6.07) is 6.76. The van der Waals surface area contributed by atoms with Crippen molar-refractivity contribution in [3.63, 3.8) is 0 Å². The fourth-order valence-corrected chi connectivity index (χ4v) is 2.89. The molecule has 0 atom stereocenters. The molecule has 2 aromatic rings. The molecule has 0 saturated carbocycles. The van der Waals surface area contributed by atoms with Gasteiger partial charge in [0.15, 0.2) is 0 Å². The normalized spacial score (nSPS) is 15.6. The molecule has 1 aliphatic heterocycles. The molecule has 1 N–H and O–H groups in total. The molecule has 0 radical (unpaired) electrons. The zero-order chi connectivity index (χ0) is 15.0. The van der Waals surface area contributed by atoms with Gasteiger partial charge in [0.05, 0.1) is 16.9 Å². The van der Waals surface area contributed by atoms with E-state index in [0.717, 1.165) is 37.2 Å². The SMILES string of the molecule is CC(C)(C)n1nc2c(c1-c1ccc(F)cc1)CCNCC2. The Morgan fingerprint density at radius 2 is 1.76 bits per heavy atom. The van der Waals surface area contributed by atoms with Gasteiger partial charge in [-0.2, -0.15) is 5.10 Å². The van der Waals surface area contributed by atoms with E-state index in [4.69, 9.17) is 5.10 Å². The lowest BCUT2D eigenvalue weighted by molar-refractivity contribution is 0.357. The Morgan fingerprint density at radius 3 is 2.43 bits per heavy atom. The maximum absolute atomic E-state index is 13.2. The zero-order valence-electron chi connectivity index (χ0n) is 12.9. The van der Waals surface area contributed by atoms with Gasteiger partial charge in [-0.15, -0.1) is 0 Å². The molecule has 4 heteroatoms. The number of hydrogen-bond donors (Lipinski definition) is 1. The molecule has 3 rings (SSSR count). The number of nitrogens with zero attached hydrogens (tertiary/aromatic N) is 2. The molecule has 21 heavy (non-hydrogen) atoms. The van der Waals surface area contributed by atoms with E-state index >= 15 is 0 Å². The van der Waals surface area contributed by atoms with Crippen LogP contribution in [0.2, 0.25) is 0 Å². The van der Waals surface area contributed by atoms with Gasteiger partial charge < -0.3 is 5.32 Å². The summed E-state index contributed by atoms with van der Waals surface area (Å²) >= 11 is 0. The van der Waals surface area contributed by atoms with E-state index in [2.05, 4.69) is 30.8 Å². The number of fused-ring (bicyclic) bond motifs is 1. The molecule has 0 aliphatic carbocycles. The van der Waals surface area contributed by atoms with Crippen molar-refractivity contribution < 1.29 is 4.39 Å². The second-order valence-electron chi connectivity index (χ2n) is 6.61. The van der Waals surface area contributed by atoms with E-state index < -0.39 is 0 Å². The van der Waals surface area contributed by atoms with Crippen molar-refractivity contribution >= 4 is 0 Å². The monoisotopic (exact) mass is 287 g/mol. The highest BCUT2D eigenvalue weighted by molar-refractivity contribution is 5.65. The van der Waals surface area contributed by atoms with Crippen LogP contribution in [0.1, 0.15) is 32.0 Å². The molecule has 0 saturated heterocycles. The van der Waals surface area contributed by atoms with Crippen molar-refractivity contribution in [1.29, 1.82) is 0 Å². The van der Waals surface area contributed by atoms with Crippen LogP contribution in [0.15, 0.2) is 24.3 Å². The van der Waals surface area contributed by atoms with Crippen molar-refractivity contribution in [2.45, 2.75) is 39.2 Å². The summed E-state index contributed by atoms with van der Waals surface area (Å²) in [6.45, 7) is 8.41. The average Bonchev–Trinajstić information content (AvgIpc) is 2.64. The van der Waals surface area contributed by atoms with Gasteiger partial charge in [-0.1, -0.05) is 0 Å². The first-order valence-electron chi connectivity index (χ1n) is 7.55. The van der Waals surface area contributed by atoms with Gasteiger partial charge in [0.1, 0.15) is 5.82 Å². The number of aromatic nitrogens is 2. The van der Waals surface area contributed by atoms with Crippen LogP contribution in [-0.2, 0) is 18.4 Å². The maximum atomic E-state index is 13.2. The summed E-state index contributed by atoms with van der Waals surface area (Å²) in [6.07, 6.45) is 1.92. The Labute approximate surface area is 125 Å². The molecule has 1 aliphatic rings. The van der Waals surface area contributed by atoms with Gasteiger partial charge in [-0.05, 0) is 58.0 Å². The van der Waals surface area contributed by atoms with Gasteiger partial charge in [-0.25, -0.2) is 4.39 Å². The smallest absolute Gasteiger partial charge is 0.123 e. The average molecular weight is 287 g/mol. The number of rotatable bonds is 1. The van der Waals surface area contributed by atoms with E-state index in [0.29, 0.717) is 0 Å². The van der Waals surface area contributed by atoms with E-state index in [1.54, 1.807) is 0 Å². The number of benzene rings is 1. The third kappa shape index (κ3) is 2.72. The van der Waals surface area contributed by atoms with Crippen molar-refractivity contribution in [1.82, 2.24) is 15.1 Å². The third-order valence-electron chi connectivity index (χ3n) is 3.91. The van der Waals surface area contributed by atoms with Gasteiger partial charge >= 0.3 is 0 Å². The molecule has 0 fully saturated rings. The van der Waals surface area contributed by atoms with Gasteiger partial charge in [0, 0.05) is 24.1 Å². The highest BCUT2D eigenvalue weighted by atomic mass is 19.1. The Morgan fingerprint density at radius 1 is 1.10 bits per heavy atom. The highest BCUT2D eigenvalue weighted by Gasteiger charge is 2.26. The van der Waals surface area contributed by atoms with Crippen molar-refractivity contribution in [2.75, 3.05) is 13.1 Å². The molecule has 1 aromatic heterocycles. The predicted octanol–water partition coefficient (Wildman–Crippen LogP) is 3.13. The van der Waals surface area contributed by atoms with Crippen LogP contribution in [0.25, 0.3) is 11.3 Å². The van der Waals surface area contributed by atoms with E-state index in [-0.39, 0.29) is 11.4 Å². The second-order valence-corrected chi connectivity index (χ2v) is 6.61. The zero-order valence-corrected chi connectivity index (χ0v) is 12.9. The fraction of sp³-hybridized carbons (Fsp3) is 0.471. The maximum Gasteiger partial charge on any atom is 0.123 e. The summed E-state index contributed by atoms with van der Waals surface area (Å²) in [5.41, 5.74) is 4.57. The van der Waals surface area contributed by atoms with Crippen LogP contribution in [0.4, 0.5) is 4.39 Å². The van der Waals surface area contributed by atoms with Gasteiger partial charge in [-0.3, -0.25) is 4.68 Å². The lowest BCUT2D eigenvalue weighted by atomic mass is 10.0. The molecule has 0 bridgehead atoms. The molecule has 3 nitrogen and oxygen atoms in total. The summed E-state index contributed by atoms with van der Waals surface area (Å²) < 4.78 is 15.3. The Hall–Kier alpha value is -1.68. The molecule has 0 amide bonds. The van der Waals surface area contributed by atoms with Gasteiger partial charge in [0.25, 0.3) is 0 Å². The van der Waals surface area contributed by atoms with Crippen LogP contribution in [0.5, 0.6) is 0 Å². The highest BCUT2D eigenvalue weighted by Crippen LogP contribution is 2.32. The van der Waals surface area contributed by atoms with Crippen LogP contribution in [0, 0.1) is 5.82 Å². The minimum Gasteiger partial charge on any atom is -0.316 e. The quantitative estimate of drug-likeness (QED) is 0.873. The van der Waals surface area contributed by atoms with Crippen molar-refractivity contribution in [3.05, 3.63) is 41.3 Å². The molecule has 1 aromatic carbocycles. The second kappa shape index (κ2) is 5.26. The lowest BCUT2D eigenvalue weighted by Crippen LogP contribution is -2.25. The molecule has 2 heterocycles. The minimum absolute atomic E-state index is 0.0939. The largest absolute Gasteiger partial charge is 0.316 e. The Kier molecular flexibility index (Phi) is 3.57. The molecule has 112 valence electrons. The summed E-state index contributed by atoms with van der Waals surface area (Å²) in [4.78, 5) is 0. The first-order valence-corrected chi connectivity index (χ1v) is 7.55.